The normalized spacial score (nSPS) is 19.1. The van der Waals surface area contributed by atoms with Crippen LogP contribution in [0.25, 0.3) is 0 Å². The van der Waals surface area contributed by atoms with Gasteiger partial charge in [0.25, 0.3) is 0 Å². The van der Waals surface area contributed by atoms with Crippen LogP contribution in [0.5, 0.6) is 11.5 Å². The molecule has 2 aliphatic rings. The molecule has 0 saturated carbocycles. The fourth-order valence-electron chi connectivity index (χ4n) is 4.94. The lowest BCUT2D eigenvalue weighted by Crippen LogP contribution is -2.27. The molecule has 2 unspecified atom stereocenters. The van der Waals surface area contributed by atoms with Crippen LogP contribution in [0.2, 0.25) is 10.0 Å². The highest BCUT2D eigenvalue weighted by Gasteiger charge is 2.37. The molecular weight excluding hydrogens is 483 g/mol. The Kier molecular flexibility index (Phi) is 6.63. The van der Waals surface area contributed by atoms with E-state index in [0.717, 1.165) is 22.6 Å². The number of hydrogen-bond donors (Lipinski definition) is 2. The van der Waals surface area contributed by atoms with E-state index in [4.69, 9.17) is 32.7 Å². The molecule has 0 radical (unpaired) electrons. The number of methoxy groups -OCH3 is 1. The van der Waals surface area contributed by atoms with Crippen LogP contribution in [0, 0.1) is 0 Å². The Balaban J connectivity index is 1.59. The predicted octanol–water partition coefficient (Wildman–Crippen LogP) is 7.38. The van der Waals surface area contributed by atoms with E-state index in [1.54, 1.807) is 19.2 Å². The summed E-state index contributed by atoms with van der Waals surface area (Å²) < 4.78 is 11.2. The van der Waals surface area contributed by atoms with Gasteiger partial charge in [-0.3, -0.25) is 4.79 Å². The minimum Gasteiger partial charge on any atom is -0.493 e. The van der Waals surface area contributed by atoms with Gasteiger partial charge in [-0.25, -0.2) is 0 Å². The highest BCUT2D eigenvalue weighted by molar-refractivity contribution is 6.36. The van der Waals surface area contributed by atoms with Gasteiger partial charge in [-0.15, -0.1) is 0 Å². The molecule has 5 rings (SSSR count). The summed E-state index contributed by atoms with van der Waals surface area (Å²) in [6.07, 6.45) is 1.03. The number of hydrogen-bond acceptors (Lipinski definition) is 5. The van der Waals surface area contributed by atoms with Crippen molar-refractivity contribution < 1.29 is 14.3 Å². The summed E-state index contributed by atoms with van der Waals surface area (Å²) in [5.41, 5.74) is 5.07. The number of benzene rings is 3. The Morgan fingerprint density at radius 2 is 1.69 bits per heavy atom. The molecule has 0 amide bonds. The van der Waals surface area contributed by atoms with Crippen LogP contribution in [0.3, 0.4) is 0 Å². The van der Waals surface area contributed by atoms with E-state index in [1.165, 1.54) is 0 Å². The number of anilines is 2. The van der Waals surface area contributed by atoms with Crippen molar-refractivity contribution in [2.24, 2.45) is 0 Å². The van der Waals surface area contributed by atoms with Gasteiger partial charge in [0.05, 0.1) is 31.1 Å². The quantitative estimate of drug-likeness (QED) is 0.376. The van der Waals surface area contributed by atoms with Crippen LogP contribution in [0.15, 0.2) is 71.9 Å². The maximum atomic E-state index is 13.8. The number of ketones is 1. The van der Waals surface area contributed by atoms with Crippen LogP contribution in [-0.2, 0) is 4.79 Å². The maximum Gasteiger partial charge on any atom is 0.163 e. The fourth-order valence-corrected chi connectivity index (χ4v) is 5.56. The van der Waals surface area contributed by atoms with Crippen molar-refractivity contribution in [2.75, 3.05) is 24.4 Å². The molecule has 7 heteroatoms. The van der Waals surface area contributed by atoms with Crippen LogP contribution in [0.4, 0.5) is 11.4 Å². The number of nitrogens with one attached hydrogen (secondary N) is 2. The van der Waals surface area contributed by atoms with Gasteiger partial charge in [-0.2, -0.15) is 0 Å². The minimum atomic E-state index is -0.467. The summed E-state index contributed by atoms with van der Waals surface area (Å²) >= 11 is 13.2. The first kappa shape index (κ1) is 23.6. The molecule has 0 fully saturated rings. The minimum absolute atomic E-state index is 0.00837. The van der Waals surface area contributed by atoms with Crippen LogP contribution in [0.1, 0.15) is 42.9 Å². The number of rotatable bonds is 5. The van der Waals surface area contributed by atoms with E-state index >= 15 is 0 Å². The summed E-state index contributed by atoms with van der Waals surface area (Å²) in [6.45, 7) is 2.49. The third kappa shape index (κ3) is 4.46. The summed E-state index contributed by atoms with van der Waals surface area (Å²) in [5.74, 6) is 1.40. The van der Waals surface area contributed by atoms with Crippen molar-refractivity contribution in [2.45, 2.75) is 31.7 Å². The first-order valence-electron chi connectivity index (χ1n) is 11.6. The molecule has 0 bridgehead atoms. The highest BCUT2D eigenvalue weighted by Crippen LogP contribution is 2.47. The molecule has 0 saturated heterocycles. The molecular formula is C28H26Cl2N2O3. The standard InChI is InChI=1S/C28H26Cl2N2O3/c1-3-35-24-12-11-16(15-25(24)34-2)17-13-22-27(23(33)14-17)28(26-18(29)7-6-8-19(26)30)32-21-10-5-4-9-20(21)31-22/h4-12,15,17,28,31-32H,3,13-14H2,1-2H3. The molecule has 3 aromatic carbocycles. The average molecular weight is 509 g/mol. The Hall–Kier alpha value is -3.15. The monoisotopic (exact) mass is 508 g/mol. The second-order valence-corrected chi connectivity index (χ2v) is 9.46. The lowest BCUT2D eigenvalue weighted by atomic mass is 9.78. The summed E-state index contributed by atoms with van der Waals surface area (Å²) in [6, 6.07) is 18.8. The van der Waals surface area contributed by atoms with Gasteiger partial charge in [0.15, 0.2) is 17.3 Å². The molecule has 1 aliphatic carbocycles. The Labute approximate surface area is 215 Å². The average Bonchev–Trinajstić information content (AvgIpc) is 3.01. The number of fused-ring (bicyclic) bond motifs is 1. The second kappa shape index (κ2) is 9.84. The van der Waals surface area contributed by atoms with Crippen LogP contribution < -0.4 is 20.1 Å². The largest absolute Gasteiger partial charge is 0.493 e. The molecule has 1 aliphatic heterocycles. The number of Topliss-reactive ketones (excluding diaryl/α,β-unsaturated/α-hetero) is 1. The van der Waals surface area contributed by atoms with Gasteiger partial charge in [-0.1, -0.05) is 47.5 Å². The molecule has 2 N–H and O–H groups in total. The lowest BCUT2D eigenvalue weighted by Gasteiger charge is -2.30. The smallest absolute Gasteiger partial charge is 0.163 e. The van der Waals surface area contributed by atoms with Gasteiger partial charge in [-0.05, 0) is 61.2 Å². The number of carbonyl (C=O) groups is 1. The number of ether oxygens (including phenoxy) is 2. The van der Waals surface area contributed by atoms with Gasteiger partial charge in [0, 0.05) is 33.3 Å². The molecule has 2 atom stereocenters. The van der Waals surface area contributed by atoms with Crippen molar-refractivity contribution in [3.05, 3.63) is 93.1 Å². The van der Waals surface area contributed by atoms with Crippen molar-refractivity contribution >= 4 is 40.4 Å². The van der Waals surface area contributed by atoms with E-state index in [0.29, 0.717) is 52.1 Å². The number of para-hydroxylation sites is 2. The third-order valence-corrected chi connectivity index (χ3v) is 7.22. The van der Waals surface area contributed by atoms with E-state index < -0.39 is 6.04 Å². The first-order valence-corrected chi connectivity index (χ1v) is 12.4. The lowest BCUT2D eigenvalue weighted by molar-refractivity contribution is -0.116. The van der Waals surface area contributed by atoms with E-state index in [2.05, 4.69) is 10.6 Å². The predicted molar refractivity (Wildman–Crippen MR) is 141 cm³/mol. The molecule has 1 heterocycles. The Morgan fingerprint density at radius 3 is 2.40 bits per heavy atom. The zero-order chi connectivity index (χ0) is 24.5. The number of carbonyl (C=O) groups excluding carboxylic acids is 1. The van der Waals surface area contributed by atoms with Crippen molar-refractivity contribution in [3.8, 4) is 11.5 Å². The van der Waals surface area contributed by atoms with Crippen molar-refractivity contribution in [3.63, 3.8) is 0 Å². The van der Waals surface area contributed by atoms with Gasteiger partial charge in [0.2, 0.25) is 0 Å². The van der Waals surface area contributed by atoms with Gasteiger partial charge in [0.1, 0.15) is 0 Å². The Morgan fingerprint density at radius 1 is 0.943 bits per heavy atom. The summed E-state index contributed by atoms with van der Waals surface area (Å²) in [4.78, 5) is 13.8. The SMILES string of the molecule is CCOc1ccc(C2CC(=O)C3=C(C2)Nc2ccccc2NC3c2c(Cl)cccc2Cl)cc1OC. The number of halogens is 2. The highest BCUT2D eigenvalue weighted by atomic mass is 35.5. The topological polar surface area (TPSA) is 59.6 Å². The fraction of sp³-hybridized carbons (Fsp3) is 0.250. The van der Waals surface area contributed by atoms with E-state index in [9.17, 15) is 4.79 Å². The molecule has 35 heavy (non-hydrogen) atoms. The summed E-state index contributed by atoms with van der Waals surface area (Å²) in [5, 5.41) is 8.12. The number of allylic oxidation sites excluding steroid dienone is 1. The second-order valence-electron chi connectivity index (χ2n) is 8.65. The molecule has 0 spiro atoms. The molecule has 3 aromatic rings. The third-order valence-electron chi connectivity index (χ3n) is 6.56. The maximum absolute atomic E-state index is 13.8. The van der Waals surface area contributed by atoms with Crippen LogP contribution in [-0.4, -0.2) is 19.5 Å². The van der Waals surface area contributed by atoms with E-state index in [-0.39, 0.29) is 11.7 Å². The molecule has 0 aromatic heterocycles. The molecule has 5 nitrogen and oxygen atoms in total. The Bertz CT molecular complexity index is 1300. The van der Waals surface area contributed by atoms with Gasteiger partial charge >= 0.3 is 0 Å². The van der Waals surface area contributed by atoms with Crippen molar-refractivity contribution in [1.82, 2.24) is 0 Å². The van der Waals surface area contributed by atoms with Crippen molar-refractivity contribution in [1.29, 1.82) is 0 Å². The summed E-state index contributed by atoms with van der Waals surface area (Å²) in [7, 11) is 1.63. The van der Waals surface area contributed by atoms with Gasteiger partial charge < -0.3 is 20.1 Å². The first-order chi connectivity index (χ1) is 17.0. The zero-order valence-corrected chi connectivity index (χ0v) is 21.0. The zero-order valence-electron chi connectivity index (χ0n) is 19.5. The van der Waals surface area contributed by atoms with E-state index in [1.807, 2.05) is 55.5 Å². The molecule has 180 valence electrons. The van der Waals surface area contributed by atoms with Crippen LogP contribution >= 0.6 is 23.2 Å².